The van der Waals surface area contributed by atoms with Gasteiger partial charge in [-0.15, -0.1) is 0 Å². The Kier molecular flexibility index (Phi) is 7.56. The third-order valence-corrected chi connectivity index (χ3v) is 5.30. The number of aliphatic hydroxyl groups excluding tert-OH is 2. The predicted octanol–water partition coefficient (Wildman–Crippen LogP) is 4.07. The van der Waals surface area contributed by atoms with Gasteiger partial charge in [-0.25, -0.2) is 0 Å². The molecule has 2 unspecified atom stereocenters. The van der Waals surface area contributed by atoms with Crippen molar-refractivity contribution in [2.75, 3.05) is 13.1 Å². The normalized spacial score (nSPS) is 26.3. The van der Waals surface area contributed by atoms with E-state index in [-0.39, 0.29) is 12.2 Å². The van der Waals surface area contributed by atoms with Gasteiger partial charge in [-0.2, -0.15) is 0 Å². The van der Waals surface area contributed by atoms with Crippen molar-refractivity contribution in [2.24, 2.45) is 16.7 Å². The highest BCUT2D eigenvalue weighted by molar-refractivity contribution is 4.89. The van der Waals surface area contributed by atoms with Crippen LogP contribution >= 0.6 is 0 Å². The predicted molar refractivity (Wildman–Crippen MR) is 98.5 cm³/mol. The summed E-state index contributed by atoms with van der Waals surface area (Å²) in [7, 11) is 0. The molecule has 0 bridgehead atoms. The fourth-order valence-electron chi connectivity index (χ4n) is 4.79. The molecule has 0 aliphatic heterocycles. The Morgan fingerprint density at radius 1 is 0.870 bits per heavy atom. The molecule has 0 aromatic heterocycles. The molecule has 1 fully saturated rings. The summed E-state index contributed by atoms with van der Waals surface area (Å²) in [6.45, 7) is 16.9. The summed E-state index contributed by atoms with van der Waals surface area (Å²) in [5.41, 5.74) is 0.771. The maximum absolute atomic E-state index is 9.75. The molecule has 0 aromatic rings. The minimum Gasteiger partial charge on any atom is -0.392 e. The van der Waals surface area contributed by atoms with Crippen LogP contribution in [0.3, 0.4) is 0 Å². The summed E-state index contributed by atoms with van der Waals surface area (Å²) in [5.74, 6) is 0.790. The molecule has 2 N–H and O–H groups in total. The lowest BCUT2D eigenvalue weighted by Crippen LogP contribution is -2.46. The highest BCUT2D eigenvalue weighted by Gasteiger charge is 2.37. The Morgan fingerprint density at radius 3 is 1.65 bits per heavy atom. The van der Waals surface area contributed by atoms with Crippen LogP contribution in [0.2, 0.25) is 0 Å². The zero-order valence-corrected chi connectivity index (χ0v) is 16.6. The van der Waals surface area contributed by atoms with Gasteiger partial charge in [0, 0.05) is 19.1 Å². The molecule has 3 nitrogen and oxygen atoms in total. The zero-order valence-electron chi connectivity index (χ0n) is 16.6. The second-order valence-electron chi connectivity index (χ2n) is 9.88. The van der Waals surface area contributed by atoms with E-state index < -0.39 is 0 Å². The third kappa shape index (κ3) is 7.53. The lowest BCUT2D eigenvalue weighted by molar-refractivity contribution is 0.0211. The average molecular weight is 328 g/mol. The Balaban J connectivity index is 2.61. The van der Waals surface area contributed by atoms with Crippen LogP contribution in [0.25, 0.3) is 0 Å². The van der Waals surface area contributed by atoms with Crippen LogP contribution < -0.4 is 0 Å². The Morgan fingerprint density at radius 2 is 1.30 bits per heavy atom. The summed E-state index contributed by atoms with van der Waals surface area (Å²) < 4.78 is 0. The average Bonchev–Trinajstić information content (AvgIpc) is 2.34. The van der Waals surface area contributed by atoms with Crippen molar-refractivity contribution in [1.82, 2.24) is 4.90 Å². The van der Waals surface area contributed by atoms with Crippen LogP contribution in [0, 0.1) is 16.7 Å². The Bertz CT molecular complexity index is 326. The monoisotopic (exact) mass is 327 g/mol. The molecule has 138 valence electrons. The van der Waals surface area contributed by atoms with Crippen LogP contribution in [0.4, 0.5) is 0 Å². The van der Waals surface area contributed by atoms with E-state index in [1.807, 2.05) is 13.8 Å². The first-order valence-corrected chi connectivity index (χ1v) is 9.51. The molecule has 0 aromatic carbocycles. The van der Waals surface area contributed by atoms with E-state index in [2.05, 4.69) is 39.5 Å². The molecular formula is C20H41NO2. The van der Waals surface area contributed by atoms with Crippen molar-refractivity contribution in [2.45, 2.75) is 98.8 Å². The number of hydrogen-bond acceptors (Lipinski definition) is 3. The molecule has 23 heavy (non-hydrogen) atoms. The molecule has 1 rings (SSSR count). The van der Waals surface area contributed by atoms with Gasteiger partial charge in [-0.1, -0.05) is 34.6 Å². The van der Waals surface area contributed by atoms with Crippen LogP contribution in [-0.2, 0) is 0 Å². The van der Waals surface area contributed by atoms with Gasteiger partial charge in [0.05, 0.1) is 12.2 Å². The molecule has 1 saturated carbocycles. The van der Waals surface area contributed by atoms with Crippen LogP contribution in [0.5, 0.6) is 0 Å². The topological polar surface area (TPSA) is 43.7 Å². The first-order chi connectivity index (χ1) is 10.4. The van der Waals surface area contributed by atoms with E-state index in [9.17, 15) is 10.2 Å². The number of hydrogen-bond donors (Lipinski definition) is 2. The van der Waals surface area contributed by atoms with Gasteiger partial charge in [0.1, 0.15) is 0 Å². The minimum absolute atomic E-state index is 0.330. The molecule has 1 aliphatic carbocycles. The Labute approximate surface area is 144 Å². The van der Waals surface area contributed by atoms with Crippen LogP contribution in [-0.4, -0.2) is 46.5 Å². The molecule has 0 spiro atoms. The maximum atomic E-state index is 9.75. The molecular weight excluding hydrogens is 286 g/mol. The molecule has 0 saturated heterocycles. The van der Waals surface area contributed by atoms with Crippen molar-refractivity contribution >= 4 is 0 Å². The largest absolute Gasteiger partial charge is 0.392 e. The quantitative estimate of drug-likeness (QED) is 0.741. The summed E-state index contributed by atoms with van der Waals surface area (Å²) in [4.78, 5) is 2.31. The summed E-state index contributed by atoms with van der Waals surface area (Å²) in [5, 5.41) is 19.5. The van der Waals surface area contributed by atoms with Crippen molar-refractivity contribution in [1.29, 1.82) is 0 Å². The van der Waals surface area contributed by atoms with E-state index in [1.165, 1.54) is 32.1 Å². The molecule has 1 aliphatic rings. The van der Waals surface area contributed by atoms with Crippen molar-refractivity contribution < 1.29 is 10.2 Å². The number of rotatable bonds is 7. The van der Waals surface area contributed by atoms with Crippen molar-refractivity contribution in [3.05, 3.63) is 0 Å². The molecule has 0 radical (unpaired) electrons. The standard InChI is InChI=1S/C20H41NO2/c1-15(22)12-21(13-16(2)23)18-10-8-17(9-11-18)20(6,7)14-19(3,4)5/h15-18,22-23H,8-14H2,1-7H3. The molecule has 3 heteroatoms. The fourth-order valence-corrected chi connectivity index (χ4v) is 4.79. The molecule has 0 amide bonds. The Hall–Kier alpha value is -0.120. The van der Waals surface area contributed by atoms with Crippen molar-refractivity contribution in [3.63, 3.8) is 0 Å². The van der Waals surface area contributed by atoms with Gasteiger partial charge in [-0.3, -0.25) is 4.90 Å². The van der Waals surface area contributed by atoms with Crippen LogP contribution in [0.1, 0.15) is 80.6 Å². The highest BCUT2D eigenvalue weighted by atomic mass is 16.3. The van der Waals surface area contributed by atoms with E-state index in [4.69, 9.17) is 0 Å². The maximum Gasteiger partial charge on any atom is 0.0639 e. The van der Waals surface area contributed by atoms with Gasteiger partial charge in [-0.05, 0) is 62.7 Å². The summed E-state index contributed by atoms with van der Waals surface area (Å²) >= 11 is 0. The van der Waals surface area contributed by atoms with Gasteiger partial charge < -0.3 is 10.2 Å². The van der Waals surface area contributed by atoms with Gasteiger partial charge in [0.2, 0.25) is 0 Å². The van der Waals surface area contributed by atoms with E-state index in [0.29, 0.717) is 30.0 Å². The van der Waals surface area contributed by atoms with E-state index in [0.717, 1.165) is 5.92 Å². The SMILES string of the molecule is CC(O)CN(CC(C)O)C1CCC(C(C)(C)CC(C)(C)C)CC1. The first kappa shape index (κ1) is 20.9. The molecule has 0 heterocycles. The first-order valence-electron chi connectivity index (χ1n) is 9.51. The molecule has 2 atom stereocenters. The minimum atomic E-state index is -0.330. The fraction of sp³-hybridized carbons (Fsp3) is 1.00. The van der Waals surface area contributed by atoms with Crippen LogP contribution in [0.15, 0.2) is 0 Å². The third-order valence-electron chi connectivity index (χ3n) is 5.30. The van der Waals surface area contributed by atoms with Crippen molar-refractivity contribution in [3.8, 4) is 0 Å². The number of nitrogens with zero attached hydrogens (tertiary/aromatic N) is 1. The summed E-state index contributed by atoms with van der Waals surface area (Å²) in [6, 6.07) is 0.515. The van der Waals surface area contributed by atoms with E-state index in [1.54, 1.807) is 0 Å². The second-order valence-corrected chi connectivity index (χ2v) is 9.88. The summed E-state index contributed by atoms with van der Waals surface area (Å²) in [6.07, 6.45) is 5.52. The highest BCUT2D eigenvalue weighted by Crippen LogP contribution is 2.45. The number of aliphatic hydroxyl groups is 2. The van der Waals surface area contributed by atoms with Gasteiger partial charge in [0.15, 0.2) is 0 Å². The lowest BCUT2D eigenvalue weighted by Gasteiger charge is -2.45. The zero-order chi connectivity index (χ0) is 17.8. The smallest absolute Gasteiger partial charge is 0.0639 e. The van der Waals surface area contributed by atoms with E-state index >= 15 is 0 Å². The van der Waals surface area contributed by atoms with Gasteiger partial charge >= 0.3 is 0 Å². The lowest BCUT2D eigenvalue weighted by atomic mass is 9.64. The second kappa shape index (κ2) is 8.31. The van der Waals surface area contributed by atoms with Gasteiger partial charge in [0.25, 0.3) is 0 Å².